The maximum Gasteiger partial charge on any atom is 0.184 e. The molecule has 0 saturated carbocycles. The van der Waals surface area contributed by atoms with Crippen LogP contribution in [0.2, 0.25) is 0 Å². The Morgan fingerprint density at radius 3 is 0.968 bits per heavy atom. The van der Waals surface area contributed by atoms with Crippen molar-refractivity contribution in [2.75, 3.05) is 10.2 Å². The van der Waals surface area contributed by atoms with Crippen molar-refractivity contribution >= 4 is 146 Å². The SMILES string of the molecule is C.Cc1ccc2c(c1)[Si](c1ccccc1)(c1ccc3c4ccccc4n(-c4ccccc4)c3c1)c1cc(C)ccc1N2.Cc1ccc2c(c1)[Si](c1ccccc1)(c1ccc3c4ccccc4n(-c4ccccc4)c3c1)c1cc(C)ccc1N2c1ccc(-c2nc(C)nc(-c3ccccc3)c2C)cc1.Cc1nc(-c2ccccc2)c(C)c(-c2ccc(Br)cc2)n1.F. The maximum atomic E-state index is 4.99. The highest BCUT2D eigenvalue weighted by Crippen LogP contribution is 2.43. The molecule has 22 rings (SSSR count). The van der Waals surface area contributed by atoms with Crippen molar-refractivity contribution in [3.8, 4) is 56.4 Å². The number of rotatable bonds is 11. The van der Waals surface area contributed by atoms with E-state index < -0.39 is 16.1 Å². The normalized spacial score (nSPS) is 12.6. The molecule has 0 spiro atoms. The van der Waals surface area contributed by atoms with Gasteiger partial charge in [0.15, 0.2) is 16.1 Å². The minimum Gasteiger partial charge on any atom is -0.356 e. The van der Waals surface area contributed by atoms with Gasteiger partial charge in [0.2, 0.25) is 0 Å². The summed E-state index contributed by atoms with van der Waals surface area (Å²) in [5, 5.41) is 20.1. The second kappa shape index (κ2) is 33.9. The molecular formula is C113H94BrFN8Si2. The van der Waals surface area contributed by atoms with E-state index in [1.807, 2.05) is 50.2 Å². The number of aryl methyl sites for hydroxylation is 6. The molecule has 0 saturated heterocycles. The number of hydrogen-bond acceptors (Lipinski definition) is 6. The predicted octanol–water partition coefficient (Wildman–Crippen LogP) is 24.1. The standard InChI is InChI=1S/C56H44N4Si.C38H30N2Si.C18H15BrN2.CH4.FH/c1-37-24-32-50-53(34-37)61(45-20-12-7-13-21-45,46-30-31-48-47-22-14-15-23-49(47)59(52(48)36-46)43-18-10-6-11-19-43)54-35-38(2)25-33-51(54)60(50)44-28-26-42(27-29-44)56-39(3)55(57-40(4)58-56)41-16-8-5-9-17-41;1-26-17-21-33-37(23-26)41(29-13-7-4-8-14-29,38-24-27(2)18-22-34(38)39-33)30-19-20-32-31-15-9-10-16-35(31)40(36(32)25-30)28-11-5-3-6-12-28;1-12-17(14-6-4-3-5-7-14)20-13(2)21-18(12)15-8-10-16(19)11-9-15;;/h5-36H,1-4H3;3-25,39H,1-2H3;3-11H,1-2H3;1H4;1H. The van der Waals surface area contributed by atoms with Gasteiger partial charge in [0.05, 0.1) is 44.8 Å². The number of halogens is 2. The van der Waals surface area contributed by atoms with Gasteiger partial charge < -0.3 is 19.4 Å². The third-order valence-corrected chi connectivity index (χ3v) is 34.9. The van der Waals surface area contributed by atoms with Crippen molar-refractivity contribution in [1.82, 2.24) is 29.1 Å². The number of nitrogens with one attached hydrogen (secondary N) is 1. The third kappa shape index (κ3) is 14.4. The molecule has 0 unspecified atom stereocenters. The molecule has 0 fully saturated rings. The first-order chi connectivity index (χ1) is 60.2. The fourth-order valence-corrected chi connectivity index (χ4v) is 30.1. The zero-order chi connectivity index (χ0) is 83.6. The van der Waals surface area contributed by atoms with Crippen LogP contribution in [-0.4, -0.2) is 45.2 Å². The number of fused-ring (bicyclic) bond motifs is 10. The van der Waals surface area contributed by atoms with Crippen molar-refractivity contribution in [1.29, 1.82) is 0 Å². The second-order valence-electron chi connectivity index (χ2n) is 32.6. The van der Waals surface area contributed by atoms with E-state index in [4.69, 9.17) is 9.97 Å². The molecule has 12 heteroatoms. The molecule has 608 valence electrons. The zero-order valence-electron chi connectivity index (χ0n) is 70.4. The molecule has 1 N–H and O–H groups in total. The molecule has 0 bridgehead atoms. The van der Waals surface area contributed by atoms with E-state index in [0.717, 1.165) is 83.7 Å². The number of aromatic nitrogens is 6. The van der Waals surface area contributed by atoms with Gasteiger partial charge in [0, 0.05) is 99.2 Å². The molecule has 2 aliphatic rings. The lowest BCUT2D eigenvalue weighted by atomic mass is 10.0. The van der Waals surface area contributed by atoms with Gasteiger partial charge >= 0.3 is 0 Å². The highest BCUT2D eigenvalue weighted by molar-refractivity contribution is 9.10. The molecule has 0 atom stereocenters. The monoisotopic (exact) mass is 1720 g/mol. The summed E-state index contributed by atoms with van der Waals surface area (Å²) in [5.74, 6) is 1.55. The van der Waals surface area contributed by atoms with Crippen LogP contribution in [0.1, 0.15) is 52.5 Å². The number of para-hydroxylation sites is 4. The summed E-state index contributed by atoms with van der Waals surface area (Å²) >= 11 is 3.47. The first-order valence-corrected chi connectivity index (χ1v) is 47.0. The first-order valence-electron chi connectivity index (χ1n) is 42.2. The number of benzene rings is 16. The summed E-state index contributed by atoms with van der Waals surface area (Å²) in [5.41, 5.74) is 28.8. The highest BCUT2D eigenvalue weighted by Gasteiger charge is 2.50. The summed E-state index contributed by atoms with van der Waals surface area (Å²) in [6.07, 6.45) is 0. The van der Waals surface area contributed by atoms with Gasteiger partial charge in [0.25, 0.3) is 0 Å². The smallest absolute Gasteiger partial charge is 0.184 e. The number of anilines is 5. The quantitative estimate of drug-likeness (QED) is 0.130. The Morgan fingerprint density at radius 2 is 0.576 bits per heavy atom. The van der Waals surface area contributed by atoms with Crippen molar-refractivity contribution in [3.63, 3.8) is 0 Å². The van der Waals surface area contributed by atoms with Gasteiger partial charge in [-0.15, -0.1) is 0 Å². The van der Waals surface area contributed by atoms with Gasteiger partial charge in [-0.3, -0.25) is 4.70 Å². The molecule has 0 aliphatic carbocycles. The van der Waals surface area contributed by atoms with Crippen LogP contribution in [0.15, 0.2) is 393 Å². The van der Waals surface area contributed by atoms with E-state index in [9.17, 15) is 0 Å². The van der Waals surface area contributed by atoms with Crippen LogP contribution in [0, 0.1) is 55.4 Å². The molecule has 8 nitrogen and oxygen atoms in total. The molecule has 0 amide bonds. The molecule has 16 aromatic carbocycles. The average Bonchev–Trinajstić information content (AvgIpc) is 1.17. The summed E-state index contributed by atoms with van der Waals surface area (Å²) < 4.78 is 5.96. The first kappa shape index (κ1) is 81.7. The second-order valence-corrected chi connectivity index (χ2v) is 41.0. The lowest BCUT2D eigenvalue weighted by molar-refractivity contribution is 1.04. The van der Waals surface area contributed by atoms with Gasteiger partial charge in [-0.05, 0) is 194 Å². The van der Waals surface area contributed by atoms with E-state index in [-0.39, 0.29) is 12.1 Å². The van der Waals surface area contributed by atoms with Crippen LogP contribution in [-0.2, 0) is 0 Å². The van der Waals surface area contributed by atoms with Crippen molar-refractivity contribution in [3.05, 3.63) is 438 Å². The Kier molecular flexibility index (Phi) is 22.1. The fourth-order valence-electron chi connectivity index (χ4n) is 19.3. The fraction of sp³-hybridized carbons (Fsp3) is 0.0796. The lowest BCUT2D eigenvalue weighted by Gasteiger charge is -2.45. The molecule has 0 radical (unpaired) electrons. The van der Waals surface area contributed by atoms with Crippen molar-refractivity contribution < 1.29 is 4.70 Å². The minimum absolute atomic E-state index is 0. The van der Waals surface area contributed by atoms with E-state index in [1.165, 1.54) is 136 Å². The Bertz CT molecular complexity index is 7330. The average molecular weight is 1720 g/mol. The largest absolute Gasteiger partial charge is 0.356 e. The van der Waals surface area contributed by atoms with Crippen LogP contribution in [0.5, 0.6) is 0 Å². The maximum absolute atomic E-state index is 4.99. The van der Waals surface area contributed by atoms with Crippen LogP contribution in [0.25, 0.3) is 100 Å². The Morgan fingerprint density at radius 1 is 0.264 bits per heavy atom. The van der Waals surface area contributed by atoms with Gasteiger partial charge in [-0.25, -0.2) is 19.9 Å². The lowest BCUT2D eigenvalue weighted by Crippen LogP contribution is -2.77. The molecule has 4 aromatic heterocycles. The molecule has 2 aliphatic heterocycles. The van der Waals surface area contributed by atoms with Crippen molar-refractivity contribution in [2.45, 2.75) is 62.8 Å². The van der Waals surface area contributed by atoms with E-state index in [2.05, 4.69) is 439 Å². The van der Waals surface area contributed by atoms with Crippen LogP contribution < -0.4 is 51.7 Å². The van der Waals surface area contributed by atoms with Gasteiger partial charge in [-0.1, -0.05) is 337 Å². The minimum atomic E-state index is -2.99. The number of nitrogens with zero attached hydrogens (tertiary/aromatic N) is 7. The molecular weight excluding hydrogens is 1620 g/mol. The Balaban J connectivity index is 0.000000142. The third-order valence-electron chi connectivity index (χ3n) is 24.8. The molecule has 20 aromatic rings. The topological polar surface area (TPSA) is 76.7 Å². The zero-order valence-corrected chi connectivity index (χ0v) is 74.0. The Labute approximate surface area is 741 Å². The van der Waals surface area contributed by atoms with Crippen LogP contribution in [0.3, 0.4) is 0 Å². The van der Waals surface area contributed by atoms with Crippen molar-refractivity contribution in [2.24, 2.45) is 0 Å². The van der Waals surface area contributed by atoms with E-state index >= 15 is 0 Å². The molecule has 6 heterocycles. The highest BCUT2D eigenvalue weighted by atomic mass is 79.9. The summed E-state index contributed by atoms with van der Waals surface area (Å²) in [4.78, 5) is 21.6. The van der Waals surface area contributed by atoms with E-state index in [1.54, 1.807) is 0 Å². The van der Waals surface area contributed by atoms with Crippen LogP contribution >= 0.6 is 15.9 Å². The predicted molar refractivity (Wildman–Crippen MR) is 535 cm³/mol. The summed E-state index contributed by atoms with van der Waals surface area (Å²) in [7, 11) is -5.70. The number of hydrogen-bond donors (Lipinski definition) is 1. The van der Waals surface area contributed by atoms with Gasteiger partial charge in [-0.2, -0.15) is 0 Å². The molecule has 125 heavy (non-hydrogen) atoms. The summed E-state index contributed by atoms with van der Waals surface area (Å²) in [6, 6.07) is 142. The summed E-state index contributed by atoms with van der Waals surface area (Å²) in [6.45, 7) is 17.0. The van der Waals surface area contributed by atoms with Gasteiger partial charge in [0.1, 0.15) is 11.6 Å². The Hall–Kier alpha value is -14.3. The van der Waals surface area contributed by atoms with E-state index in [0.29, 0.717) is 0 Å². The van der Waals surface area contributed by atoms with Crippen LogP contribution in [0.4, 0.5) is 33.1 Å².